The largest absolute Gasteiger partial charge is 0.468 e. The van der Waals surface area contributed by atoms with E-state index < -0.39 is 0 Å². The predicted molar refractivity (Wildman–Crippen MR) is 141 cm³/mol. The molecule has 1 N–H and O–H groups in total. The second kappa shape index (κ2) is 14.0. The molecule has 3 rings (SSSR count). The number of allylic oxidation sites excluding steroid dienone is 1. The van der Waals surface area contributed by atoms with Crippen molar-refractivity contribution in [3.63, 3.8) is 0 Å². The van der Waals surface area contributed by atoms with Crippen LogP contribution in [0.25, 0.3) is 11.1 Å². The van der Waals surface area contributed by atoms with Gasteiger partial charge in [0, 0.05) is 19.7 Å². The molecule has 1 saturated carbocycles. The molecule has 0 atom stereocenters. The number of benzene rings is 2. The van der Waals surface area contributed by atoms with Crippen LogP contribution < -0.4 is 10.1 Å². The van der Waals surface area contributed by atoms with Crippen LogP contribution in [0.1, 0.15) is 50.2 Å². The topological polar surface area (TPSA) is 60.0 Å². The van der Waals surface area contributed by atoms with Gasteiger partial charge in [-0.1, -0.05) is 49.4 Å². The highest BCUT2D eigenvalue weighted by molar-refractivity contribution is 6.27. The third kappa shape index (κ3) is 8.20. The lowest BCUT2D eigenvalue weighted by molar-refractivity contribution is -0.116. The van der Waals surface area contributed by atoms with Gasteiger partial charge in [-0.05, 0) is 75.0 Å². The lowest BCUT2D eigenvalue weighted by Crippen LogP contribution is -2.40. The Balaban J connectivity index is 1.76. The highest BCUT2D eigenvalue weighted by atomic mass is 16.7. The third-order valence-corrected chi connectivity index (χ3v) is 6.39. The highest BCUT2D eigenvalue weighted by Gasteiger charge is 2.26. The Kier molecular flexibility index (Phi) is 10.8. The van der Waals surface area contributed by atoms with Gasteiger partial charge in [0.05, 0.1) is 18.3 Å². The monoisotopic (exact) mass is 480 g/mol. The van der Waals surface area contributed by atoms with E-state index in [0.717, 1.165) is 67.5 Å². The number of carbonyl (C=O) groups excluding carboxylic acids is 1. The van der Waals surface area contributed by atoms with E-state index in [1.165, 1.54) is 0 Å². The number of methoxy groups -OCH3 is 1. The van der Waals surface area contributed by atoms with Crippen LogP contribution in [-0.4, -0.2) is 64.1 Å². The number of rotatable bonds is 12. The summed E-state index contributed by atoms with van der Waals surface area (Å²) in [5.41, 5.74) is 3.71. The zero-order valence-corrected chi connectivity index (χ0v) is 21.6. The zero-order valence-electron chi connectivity index (χ0n) is 21.6. The molecule has 1 aliphatic rings. The number of nitrogens with zero attached hydrogens (tertiary/aromatic N) is 1. The Labute approximate surface area is 210 Å². The van der Waals surface area contributed by atoms with E-state index in [1.807, 2.05) is 42.5 Å². The molecule has 0 heterocycles. The van der Waals surface area contributed by atoms with Crippen molar-refractivity contribution >= 4 is 17.1 Å². The molecule has 190 valence electrons. The number of nitrogens with one attached hydrogen (secondary N) is 1. The minimum atomic E-state index is -0.0201. The van der Waals surface area contributed by atoms with E-state index in [4.69, 9.17) is 14.2 Å². The van der Waals surface area contributed by atoms with Gasteiger partial charge in [-0.15, -0.1) is 0 Å². The summed E-state index contributed by atoms with van der Waals surface area (Å²) < 4.78 is 16.6. The first-order chi connectivity index (χ1) is 17.0. The minimum Gasteiger partial charge on any atom is -0.468 e. The first kappa shape index (κ1) is 26.9. The Hall–Kier alpha value is -2.67. The highest BCUT2D eigenvalue weighted by Crippen LogP contribution is 2.31. The Bertz CT molecular complexity index is 933. The number of carbonyl (C=O) groups is 1. The number of hydrogen-bond acceptors (Lipinski definition) is 5. The Morgan fingerprint density at radius 1 is 0.971 bits per heavy atom. The van der Waals surface area contributed by atoms with Crippen molar-refractivity contribution in [3.05, 3.63) is 65.7 Å². The van der Waals surface area contributed by atoms with Crippen LogP contribution in [0, 0.1) is 0 Å². The van der Waals surface area contributed by atoms with Crippen LogP contribution >= 0.6 is 0 Å². The van der Waals surface area contributed by atoms with E-state index in [1.54, 1.807) is 7.11 Å². The summed E-state index contributed by atoms with van der Waals surface area (Å²) in [5, 5.41) is 3.33. The van der Waals surface area contributed by atoms with Gasteiger partial charge in [0.1, 0.15) is 5.75 Å². The minimum absolute atomic E-state index is 0.0201. The molecular weight excluding hydrogens is 440 g/mol. The van der Waals surface area contributed by atoms with Crippen molar-refractivity contribution in [2.45, 2.75) is 51.2 Å². The standard InChI is InChI=1S/C29H40N2O4/c1-5-27(22-9-7-6-8-10-22)28(23-11-15-26(16-12-23)35-21-33-4)29(32)30-24-13-17-25(18-14-24)34-20-19-31(2)3/h6-12,15-16,24-25H,5,13-14,17-21H2,1-4H3,(H,30,32)/b28-27+/t24-,25-. The second-order valence-corrected chi connectivity index (χ2v) is 9.27. The van der Waals surface area contributed by atoms with Gasteiger partial charge in [-0.3, -0.25) is 4.79 Å². The molecule has 0 unspecified atom stereocenters. The molecule has 2 aromatic carbocycles. The zero-order chi connectivity index (χ0) is 25.0. The molecule has 1 amide bonds. The average Bonchev–Trinajstić information content (AvgIpc) is 2.87. The van der Waals surface area contributed by atoms with Crippen LogP contribution in [-0.2, 0) is 14.3 Å². The molecule has 0 saturated heterocycles. The number of amides is 1. The molecular formula is C29H40N2O4. The first-order valence-electron chi connectivity index (χ1n) is 12.6. The van der Waals surface area contributed by atoms with Crippen molar-refractivity contribution < 1.29 is 19.0 Å². The molecule has 6 heteroatoms. The van der Waals surface area contributed by atoms with E-state index in [2.05, 4.69) is 43.4 Å². The molecule has 0 aliphatic heterocycles. The lowest BCUT2D eigenvalue weighted by atomic mass is 9.90. The summed E-state index contributed by atoms with van der Waals surface area (Å²) >= 11 is 0. The van der Waals surface area contributed by atoms with Crippen LogP contribution in [0.2, 0.25) is 0 Å². The third-order valence-electron chi connectivity index (χ3n) is 6.39. The molecule has 0 bridgehead atoms. The number of hydrogen-bond donors (Lipinski definition) is 1. The van der Waals surface area contributed by atoms with Crippen LogP contribution in [0.4, 0.5) is 0 Å². The van der Waals surface area contributed by atoms with Gasteiger partial charge in [-0.25, -0.2) is 0 Å². The van der Waals surface area contributed by atoms with Crippen molar-refractivity contribution in [1.82, 2.24) is 10.2 Å². The summed E-state index contributed by atoms with van der Waals surface area (Å²) in [5.74, 6) is 0.689. The van der Waals surface area contributed by atoms with Gasteiger partial charge < -0.3 is 24.4 Å². The fourth-order valence-electron chi connectivity index (χ4n) is 4.49. The van der Waals surface area contributed by atoms with Crippen LogP contribution in [0.15, 0.2) is 54.6 Å². The van der Waals surface area contributed by atoms with Crippen molar-refractivity contribution in [1.29, 1.82) is 0 Å². The quantitative estimate of drug-likeness (QED) is 0.263. The SMILES string of the molecule is CC/C(=C(\C(=O)N[C@H]1CC[C@H](OCCN(C)C)CC1)c1ccc(OCOC)cc1)c1ccccc1. The molecule has 0 radical (unpaired) electrons. The van der Waals surface area contributed by atoms with Gasteiger partial charge in [0.15, 0.2) is 6.79 Å². The van der Waals surface area contributed by atoms with Crippen molar-refractivity contribution in [3.8, 4) is 5.75 Å². The van der Waals surface area contributed by atoms with E-state index in [9.17, 15) is 4.79 Å². The summed E-state index contributed by atoms with van der Waals surface area (Å²) in [4.78, 5) is 15.8. The molecule has 0 aromatic heterocycles. The maximum atomic E-state index is 13.7. The number of ether oxygens (including phenoxy) is 3. The fourth-order valence-corrected chi connectivity index (χ4v) is 4.49. The van der Waals surface area contributed by atoms with E-state index in [0.29, 0.717) is 5.75 Å². The lowest BCUT2D eigenvalue weighted by Gasteiger charge is -2.30. The molecule has 1 fully saturated rings. The fraction of sp³-hybridized carbons (Fsp3) is 0.483. The van der Waals surface area contributed by atoms with E-state index in [-0.39, 0.29) is 24.8 Å². The summed E-state index contributed by atoms with van der Waals surface area (Å²) in [6, 6.07) is 18.0. The maximum absolute atomic E-state index is 13.7. The van der Waals surface area contributed by atoms with Crippen molar-refractivity contribution in [2.75, 3.05) is 41.1 Å². The molecule has 0 spiro atoms. The van der Waals surface area contributed by atoms with Gasteiger partial charge in [0.2, 0.25) is 0 Å². The van der Waals surface area contributed by atoms with E-state index >= 15 is 0 Å². The molecule has 2 aromatic rings. The predicted octanol–water partition coefficient (Wildman–Crippen LogP) is 5.00. The normalized spacial score (nSPS) is 18.8. The molecule has 35 heavy (non-hydrogen) atoms. The Morgan fingerprint density at radius 2 is 1.66 bits per heavy atom. The molecule has 6 nitrogen and oxygen atoms in total. The van der Waals surface area contributed by atoms with Gasteiger partial charge in [0.25, 0.3) is 5.91 Å². The van der Waals surface area contributed by atoms with Crippen molar-refractivity contribution in [2.24, 2.45) is 0 Å². The maximum Gasteiger partial charge on any atom is 0.252 e. The number of likely N-dealkylation sites (N-methyl/N-ethyl adjacent to an activating group) is 1. The van der Waals surface area contributed by atoms with Crippen LogP contribution in [0.3, 0.4) is 0 Å². The molecule has 1 aliphatic carbocycles. The summed E-state index contributed by atoms with van der Waals surface area (Å²) in [6.45, 7) is 3.97. The Morgan fingerprint density at radius 3 is 2.26 bits per heavy atom. The average molecular weight is 481 g/mol. The smallest absolute Gasteiger partial charge is 0.252 e. The van der Waals surface area contributed by atoms with Crippen LogP contribution in [0.5, 0.6) is 5.75 Å². The van der Waals surface area contributed by atoms with Gasteiger partial charge in [-0.2, -0.15) is 0 Å². The summed E-state index contributed by atoms with van der Waals surface area (Å²) in [6.07, 6.45) is 4.85. The van der Waals surface area contributed by atoms with Gasteiger partial charge >= 0.3 is 0 Å². The first-order valence-corrected chi connectivity index (χ1v) is 12.6. The summed E-state index contributed by atoms with van der Waals surface area (Å²) in [7, 11) is 5.71. The second-order valence-electron chi connectivity index (χ2n) is 9.27.